The van der Waals surface area contributed by atoms with E-state index < -0.39 is 18.0 Å². The molecule has 9 heteroatoms. The fraction of sp³-hybridized carbons (Fsp3) is 0.294. The Kier molecular flexibility index (Phi) is 5.08. The number of anilines is 1. The zero-order valence-electron chi connectivity index (χ0n) is 14.0. The second-order valence-electron chi connectivity index (χ2n) is 5.77. The molecule has 2 heterocycles. The minimum Gasteiger partial charge on any atom is -0.442 e. The van der Waals surface area contributed by atoms with Gasteiger partial charge in [-0.15, -0.1) is 0 Å². The van der Waals surface area contributed by atoms with Crippen molar-refractivity contribution in [3.8, 4) is 11.3 Å². The van der Waals surface area contributed by atoms with Gasteiger partial charge in [0, 0.05) is 12.5 Å². The Morgan fingerprint density at radius 1 is 1.42 bits per heavy atom. The maximum Gasteiger partial charge on any atom is 0.414 e. The summed E-state index contributed by atoms with van der Waals surface area (Å²) < 4.78 is 19.7. The average molecular weight is 360 g/mol. The van der Waals surface area contributed by atoms with Crippen LogP contribution in [0.2, 0.25) is 0 Å². The molecule has 2 aromatic rings. The van der Waals surface area contributed by atoms with Crippen LogP contribution in [0.5, 0.6) is 0 Å². The van der Waals surface area contributed by atoms with Crippen LogP contribution in [0.1, 0.15) is 12.6 Å². The molecular formula is C17H17FN4O4. The Bertz CT molecular complexity index is 828. The number of carbonyl (C=O) groups is 2. The third kappa shape index (κ3) is 3.77. The summed E-state index contributed by atoms with van der Waals surface area (Å²) in [5, 5.41) is 11.6. The van der Waals surface area contributed by atoms with E-state index in [1.165, 1.54) is 36.4 Å². The predicted molar refractivity (Wildman–Crippen MR) is 89.6 cm³/mol. The number of aliphatic hydroxyl groups is 1. The van der Waals surface area contributed by atoms with Gasteiger partial charge in [0.15, 0.2) is 0 Å². The van der Waals surface area contributed by atoms with Crippen LogP contribution in [0.25, 0.3) is 11.3 Å². The van der Waals surface area contributed by atoms with Crippen LogP contribution >= 0.6 is 0 Å². The van der Waals surface area contributed by atoms with Gasteiger partial charge in [-0.1, -0.05) is 0 Å². The standard InChI is InChI=1S/C17H17FN4O4/c1-10(24)19-6-13-8-22(17(25)26-13)12-2-3-14(15(18)4-12)16-7-20-11(9-23)5-21-16/h2-5,7,13,23H,6,8-9H2,1H3,(H,19,24). The third-order valence-electron chi connectivity index (χ3n) is 3.86. The number of cyclic esters (lactones) is 1. The van der Waals surface area contributed by atoms with Crippen LogP contribution in [0.3, 0.4) is 0 Å². The lowest BCUT2D eigenvalue weighted by Gasteiger charge is -2.14. The van der Waals surface area contributed by atoms with Crippen LogP contribution in [-0.2, 0) is 16.1 Å². The molecule has 8 nitrogen and oxygen atoms in total. The van der Waals surface area contributed by atoms with Gasteiger partial charge in [0.1, 0.15) is 11.9 Å². The molecule has 1 aliphatic rings. The highest BCUT2D eigenvalue weighted by Crippen LogP contribution is 2.27. The lowest BCUT2D eigenvalue weighted by atomic mass is 10.1. The van der Waals surface area contributed by atoms with E-state index in [2.05, 4.69) is 15.3 Å². The largest absolute Gasteiger partial charge is 0.442 e. The number of benzene rings is 1. The van der Waals surface area contributed by atoms with Gasteiger partial charge in [-0.05, 0) is 18.2 Å². The number of carbonyl (C=O) groups excluding carboxylic acids is 2. The molecule has 0 aliphatic carbocycles. The Morgan fingerprint density at radius 3 is 2.85 bits per heavy atom. The van der Waals surface area contributed by atoms with E-state index in [1.807, 2.05) is 0 Å². The van der Waals surface area contributed by atoms with Gasteiger partial charge in [0.25, 0.3) is 0 Å². The van der Waals surface area contributed by atoms with E-state index in [0.29, 0.717) is 17.1 Å². The molecule has 1 aromatic carbocycles. The van der Waals surface area contributed by atoms with Gasteiger partial charge in [0.05, 0.1) is 49.2 Å². The summed E-state index contributed by atoms with van der Waals surface area (Å²) in [6.07, 6.45) is 1.65. The van der Waals surface area contributed by atoms with Gasteiger partial charge >= 0.3 is 6.09 Å². The number of hydrogen-bond donors (Lipinski definition) is 2. The molecule has 0 saturated carbocycles. The van der Waals surface area contributed by atoms with Crippen molar-refractivity contribution in [1.29, 1.82) is 0 Å². The molecule has 0 radical (unpaired) electrons. The van der Waals surface area contributed by atoms with Gasteiger partial charge in [-0.3, -0.25) is 19.7 Å². The van der Waals surface area contributed by atoms with Crippen molar-refractivity contribution in [1.82, 2.24) is 15.3 Å². The van der Waals surface area contributed by atoms with Crippen molar-refractivity contribution in [2.75, 3.05) is 18.0 Å². The van der Waals surface area contributed by atoms with Crippen molar-refractivity contribution in [2.24, 2.45) is 0 Å². The van der Waals surface area contributed by atoms with E-state index >= 15 is 0 Å². The number of aromatic nitrogens is 2. The normalized spacial score (nSPS) is 16.5. The molecule has 3 rings (SSSR count). The van der Waals surface area contributed by atoms with Crippen molar-refractivity contribution >= 4 is 17.7 Å². The number of halogens is 1. The molecule has 0 spiro atoms. The summed E-state index contributed by atoms with van der Waals surface area (Å²) in [4.78, 5) is 32.3. The topological polar surface area (TPSA) is 105 Å². The molecule has 0 bridgehead atoms. The van der Waals surface area contributed by atoms with E-state index in [4.69, 9.17) is 9.84 Å². The number of aliphatic hydroxyl groups excluding tert-OH is 1. The average Bonchev–Trinajstić information content (AvgIpc) is 3.01. The first-order chi connectivity index (χ1) is 12.5. The Hall–Kier alpha value is -3.07. The van der Waals surface area contributed by atoms with Crippen LogP contribution < -0.4 is 10.2 Å². The summed E-state index contributed by atoms with van der Waals surface area (Å²) in [5.74, 6) is -0.783. The van der Waals surface area contributed by atoms with Crippen LogP contribution in [0.4, 0.5) is 14.9 Å². The second-order valence-corrected chi connectivity index (χ2v) is 5.77. The maximum absolute atomic E-state index is 14.5. The summed E-state index contributed by atoms with van der Waals surface area (Å²) in [6.45, 7) is 1.54. The van der Waals surface area contributed by atoms with Crippen molar-refractivity contribution in [3.05, 3.63) is 42.1 Å². The van der Waals surface area contributed by atoms with Gasteiger partial charge in [-0.2, -0.15) is 0 Å². The molecule has 1 aromatic heterocycles. The molecule has 1 saturated heterocycles. The number of hydrogen-bond acceptors (Lipinski definition) is 6. The highest BCUT2D eigenvalue weighted by Gasteiger charge is 2.32. The van der Waals surface area contributed by atoms with E-state index in [9.17, 15) is 14.0 Å². The maximum atomic E-state index is 14.5. The lowest BCUT2D eigenvalue weighted by molar-refractivity contribution is -0.119. The van der Waals surface area contributed by atoms with Crippen molar-refractivity contribution in [3.63, 3.8) is 0 Å². The molecule has 2 amide bonds. The predicted octanol–water partition coefficient (Wildman–Crippen LogP) is 1.24. The summed E-state index contributed by atoms with van der Waals surface area (Å²) in [7, 11) is 0. The number of nitrogens with one attached hydrogen (secondary N) is 1. The lowest BCUT2D eigenvalue weighted by Crippen LogP contribution is -2.33. The van der Waals surface area contributed by atoms with Crippen LogP contribution in [-0.4, -0.2) is 46.3 Å². The van der Waals surface area contributed by atoms with Crippen LogP contribution in [0.15, 0.2) is 30.6 Å². The molecule has 1 unspecified atom stereocenters. The van der Waals surface area contributed by atoms with Gasteiger partial charge in [-0.25, -0.2) is 9.18 Å². The smallest absolute Gasteiger partial charge is 0.414 e. The van der Waals surface area contributed by atoms with Crippen LogP contribution in [0, 0.1) is 5.82 Å². The number of nitrogens with zero attached hydrogens (tertiary/aromatic N) is 3. The fourth-order valence-corrected chi connectivity index (χ4v) is 2.55. The van der Waals surface area contributed by atoms with Crippen molar-refractivity contribution < 1.29 is 23.8 Å². The third-order valence-corrected chi connectivity index (χ3v) is 3.86. The fourth-order valence-electron chi connectivity index (χ4n) is 2.55. The number of ether oxygens (including phenoxy) is 1. The van der Waals surface area contributed by atoms with E-state index in [0.717, 1.165) is 0 Å². The number of amides is 2. The molecule has 136 valence electrons. The highest BCUT2D eigenvalue weighted by atomic mass is 19.1. The molecule has 2 N–H and O–H groups in total. The summed E-state index contributed by atoms with van der Waals surface area (Å²) in [6, 6.07) is 4.31. The number of rotatable bonds is 5. The highest BCUT2D eigenvalue weighted by molar-refractivity contribution is 5.90. The minimum atomic E-state index is -0.598. The SMILES string of the molecule is CC(=O)NCC1CN(c2ccc(-c3cnc(CO)cn3)c(F)c2)C(=O)O1. The molecule has 1 fully saturated rings. The zero-order chi connectivity index (χ0) is 18.7. The van der Waals surface area contributed by atoms with Gasteiger partial charge in [0.2, 0.25) is 5.91 Å². The second kappa shape index (κ2) is 7.44. The van der Waals surface area contributed by atoms with E-state index in [1.54, 1.807) is 6.07 Å². The van der Waals surface area contributed by atoms with E-state index in [-0.39, 0.29) is 31.2 Å². The molecule has 1 aliphatic heterocycles. The molecular weight excluding hydrogens is 343 g/mol. The molecule has 1 atom stereocenters. The summed E-state index contributed by atoms with van der Waals surface area (Å²) >= 11 is 0. The zero-order valence-corrected chi connectivity index (χ0v) is 14.0. The Balaban J connectivity index is 1.76. The minimum absolute atomic E-state index is 0.199. The molecule has 26 heavy (non-hydrogen) atoms. The van der Waals surface area contributed by atoms with Gasteiger partial charge < -0.3 is 15.2 Å². The first kappa shape index (κ1) is 17.7. The Labute approximate surface area is 148 Å². The monoisotopic (exact) mass is 360 g/mol. The quantitative estimate of drug-likeness (QED) is 0.831. The van der Waals surface area contributed by atoms with Crippen molar-refractivity contribution in [2.45, 2.75) is 19.6 Å². The first-order valence-electron chi connectivity index (χ1n) is 7.92. The summed E-state index contributed by atoms with van der Waals surface area (Å²) in [5.41, 5.74) is 1.28. The Morgan fingerprint density at radius 2 is 2.23 bits per heavy atom. The first-order valence-corrected chi connectivity index (χ1v) is 7.92.